The minimum absolute atomic E-state index is 0.242. The second kappa shape index (κ2) is 5.96. The molecule has 0 bridgehead atoms. The van der Waals surface area contributed by atoms with Crippen molar-refractivity contribution in [2.45, 2.75) is 26.2 Å². The molecule has 0 aromatic rings. The molecule has 1 aliphatic heterocycles. The van der Waals surface area contributed by atoms with Crippen molar-refractivity contribution < 1.29 is 9.60 Å². The number of hydrogen-bond acceptors (Lipinski definition) is 3. The molecule has 82 valence electrons. The van der Waals surface area contributed by atoms with E-state index in [4.69, 9.17) is 5.21 Å². The van der Waals surface area contributed by atoms with Crippen molar-refractivity contribution in [1.29, 1.82) is 0 Å². The van der Waals surface area contributed by atoms with Crippen LogP contribution in [0.15, 0.2) is 5.16 Å². The molecule has 0 saturated carbocycles. The first kappa shape index (κ1) is 11.4. The predicted octanol–water partition coefficient (Wildman–Crippen LogP) is 1.91. The van der Waals surface area contributed by atoms with E-state index in [9.17, 15) is 4.39 Å². The molecule has 0 spiro atoms. The molecule has 0 aromatic carbocycles. The van der Waals surface area contributed by atoms with Crippen LogP contribution in [0.3, 0.4) is 0 Å². The van der Waals surface area contributed by atoms with Crippen LogP contribution in [-0.2, 0) is 0 Å². The monoisotopic (exact) mass is 202 g/mol. The maximum Gasteiger partial charge on any atom is 0.0906 e. The smallest absolute Gasteiger partial charge is 0.0906 e. The van der Waals surface area contributed by atoms with Gasteiger partial charge in [-0.05, 0) is 12.8 Å². The van der Waals surface area contributed by atoms with Crippen LogP contribution in [0.2, 0.25) is 0 Å². The van der Waals surface area contributed by atoms with Gasteiger partial charge in [-0.3, -0.25) is 4.39 Å². The Hall–Kier alpha value is -0.640. The highest BCUT2D eigenvalue weighted by molar-refractivity contribution is 5.87. The van der Waals surface area contributed by atoms with Gasteiger partial charge in [-0.2, -0.15) is 0 Å². The Bertz CT molecular complexity index is 197. The van der Waals surface area contributed by atoms with Crippen molar-refractivity contribution in [3.8, 4) is 0 Å². The Kier molecular flexibility index (Phi) is 4.87. The molecule has 0 radical (unpaired) electrons. The molecule has 0 amide bonds. The standard InChI is InChI=1S/C10H19FN2O/c1-2-9-8-13(6-3-5-11)7-4-10(9)12-14/h9,14H,2-8H2,1H3. The molecule has 14 heavy (non-hydrogen) atoms. The first-order valence-corrected chi connectivity index (χ1v) is 5.31. The van der Waals surface area contributed by atoms with Crippen molar-refractivity contribution in [3.63, 3.8) is 0 Å². The number of halogens is 1. The Morgan fingerprint density at radius 2 is 2.43 bits per heavy atom. The Balaban J connectivity index is 2.40. The predicted molar refractivity (Wildman–Crippen MR) is 54.7 cm³/mol. The summed E-state index contributed by atoms with van der Waals surface area (Å²) in [4.78, 5) is 2.25. The molecular weight excluding hydrogens is 183 g/mol. The van der Waals surface area contributed by atoms with Gasteiger partial charge in [0.15, 0.2) is 0 Å². The quantitative estimate of drug-likeness (QED) is 0.558. The lowest BCUT2D eigenvalue weighted by atomic mass is 9.93. The average molecular weight is 202 g/mol. The summed E-state index contributed by atoms with van der Waals surface area (Å²) in [6.45, 7) is 4.49. The average Bonchev–Trinajstić information content (AvgIpc) is 2.25. The van der Waals surface area contributed by atoms with E-state index in [0.717, 1.165) is 38.2 Å². The zero-order chi connectivity index (χ0) is 10.4. The van der Waals surface area contributed by atoms with Crippen molar-refractivity contribution >= 4 is 5.71 Å². The van der Waals surface area contributed by atoms with Crippen molar-refractivity contribution in [1.82, 2.24) is 4.90 Å². The van der Waals surface area contributed by atoms with Gasteiger partial charge in [-0.15, -0.1) is 0 Å². The lowest BCUT2D eigenvalue weighted by Gasteiger charge is -2.32. The van der Waals surface area contributed by atoms with Crippen LogP contribution < -0.4 is 0 Å². The highest BCUT2D eigenvalue weighted by Gasteiger charge is 2.23. The largest absolute Gasteiger partial charge is 0.411 e. The number of nitrogens with zero attached hydrogens (tertiary/aromatic N) is 2. The third kappa shape index (κ3) is 2.94. The van der Waals surface area contributed by atoms with Gasteiger partial charge in [-0.1, -0.05) is 12.1 Å². The van der Waals surface area contributed by atoms with Gasteiger partial charge in [-0.25, -0.2) is 0 Å². The summed E-state index contributed by atoms with van der Waals surface area (Å²) in [5.74, 6) is 0.355. The van der Waals surface area contributed by atoms with Crippen LogP contribution in [0.1, 0.15) is 26.2 Å². The fourth-order valence-electron chi connectivity index (χ4n) is 1.97. The lowest BCUT2D eigenvalue weighted by Crippen LogP contribution is -2.41. The number of hydrogen-bond donors (Lipinski definition) is 1. The third-order valence-corrected chi connectivity index (χ3v) is 2.86. The first-order valence-electron chi connectivity index (χ1n) is 5.31. The van der Waals surface area contributed by atoms with Crippen LogP contribution in [0.5, 0.6) is 0 Å². The second-order valence-electron chi connectivity index (χ2n) is 3.79. The number of piperidine rings is 1. The fraction of sp³-hybridized carbons (Fsp3) is 0.900. The Morgan fingerprint density at radius 3 is 3.00 bits per heavy atom. The summed E-state index contributed by atoms with van der Waals surface area (Å²) in [5, 5.41) is 12.1. The summed E-state index contributed by atoms with van der Waals surface area (Å²) in [7, 11) is 0. The number of rotatable bonds is 4. The molecule has 1 heterocycles. The molecular formula is C10H19FN2O. The van der Waals surface area contributed by atoms with Crippen LogP contribution in [0.25, 0.3) is 0 Å². The normalized spacial score (nSPS) is 27.0. The maximum atomic E-state index is 12.0. The van der Waals surface area contributed by atoms with Gasteiger partial charge in [0.2, 0.25) is 0 Å². The van der Waals surface area contributed by atoms with E-state index in [1.54, 1.807) is 0 Å². The van der Waals surface area contributed by atoms with Crippen LogP contribution in [0, 0.1) is 5.92 Å². The van der Waals surface area contributed by atoms with E-state index in [1.165, 1.54) is 0 Å². The zero-order valence-corrected chi connectivity index (χ0v) is 8.75. The summed E-state index contributed by atoms with van der Waals surface area (Å²) in [5.41, 5.74) is 0.906. The van der Waals surface area contributed by atoms with Crippen molar-refractivity contribution in [2.75, 3.05) is 26.3 Å². The van der Waals surface area contributed by atoms with Crippen LogP contribution >= 0.6 is 0 Å². The van der Waals surface area contributed by atoms with Gasteiger partial charge in [0.05, 0.1) is 12.4 Å². The van der Waals surface area contributed by atoms with Crippen LogP contribution in [-0.4, -0.2) is 42.1 Å². The molecule has 1 aliphatic rings. The van der Waals surface area contributed by atoms with Gasteiger partial charge < -0.3 is 10.1 Å². The molecule has 1 unspecified atom stereocenters. The minimum Gasteiger partial charge on any atom is -0.411 e. The Morgan fingerprint density at radius 1 is 1.64 bits per heavy atom. The SMILES string of the molecule is CCC1CN(CCCF)CCC1=NO. The molecule has 1 atom stereocenters. The zero-order valence-electron chi connectivity index (χ0n) is 8.75. The molecule has 1 N–H and O–H groups in total. The second-order valence-corrected chi connectivity index (χ2v) is 3.79. The van der Waals surface area contributed by atoms with Gasteiger partial charge >= 0.3 is 0 Å². The van der Waals surface area contributed by atoms with Crippen LogP contribution in [0.4, 0.5) is 4.39 Å². The first-order chi connectivity index (χ1) is 6.81. The topological polar surface area (TPSA) is 35.8 Å². The minimum atomic E-state index is -0.242. The summed E-state index contributed by atoms with van der Waals surface area (Å²) >= 11 is 0. The molecule has 0 aliphatic carbocycles. The van der Waals surface area contributed by atoms with E-state index >= 15 is 0 Å². The third-order valence-electron chi connectivity index (χ3n) is 2.86. The highest BCUT2D eigenvalue weighted by Crippen LogP contribution is 2.17. The molecule has 1 rings (SSSR count). The van der Waals surface area contributed by atoms with E-state index in [2.05, 4.69) is 17.0 Å². The molecule has 1 fully saturated rings. The number of alkyl halides is 1. The lowest BCUT2D eigenvalue weighted by molar-refractivity contribution is 0.218. The van der Waals surface area contributed by atoms with E-state index in [1.807, 2.05) is 0 Å². The summed E-state index contributed by atoms with van der Waals surface area (Å²) < 4.78 is 12.0. The van der Waals surface area contributed by atoms with E-state index in [0.29, 0.717) is 12.3 Å². The molecule has 0 aromatic heterocycles. The number of oxime groups is 1. The maximum absolute atomic E-state index is 12.0. The fourth-order valence-corrected chi connectivity index (χ4v) is 1.97. The molecule has 4 heteroatoms. The van der Waals surface area contributed by atoms with Crippen molar-refractivity contribution in [2.24, 2.45) is 11.1 Å². The number of likely N-dealkylation sites (tertiary alicyclic amines) is 1. The highest BCUT2D eigenvalue weighted by atomic mass is 19.1. The van der Waals surface area contributed by atoms with E-state index in [-0.39, 0.29) is 6.67 Å². The summed E-state index contributed by atoms with van der Waals surface area (Å²) in [6.07, 6.45) is 2.43. The summed E-state index contributed by atoms with van der Waals surface area (Å²) in [6, 6.07) is 0. The van der Waals surface area contributed by atoms with Gasteiger partial charge in [0.1, 0.15) is 0 Å². The Labute approximate surface area is 84.6 Å². The molecule has 1 saturated heterocycles. The van der Waals surface area contributed by atoms with Gasteiger partial charge in [0, 0.05) is 32.0 Å². The molecule has 3 nitrogen and oxygen atoms in total. The van der Waals surface area contributed by atoms with Crippen molar-refractivity contribution in [3.05, 3.63) is 0 Å². The van der Waals surface area contributed by atoms with E-state index < -0.39 is 0 Å². The van der Waals surface area contributed by atoms with Gasteiger partial charge in [0.25, 0.3) is 0 Å².